The third-order valence-corrected chi connectivity index (χ3v) is 2.05. The minimum atomic E-state index is 0.0312. The number of ketones is 1. The van der Waals surface area contributed by atoms with Gasteiger partial charge in [0, 0.05) is 19.5 Å². The maximum atomic E-state index is 10.6. The second kappa shape index (κ2) is 6.93. The molecule has 2 nitrogen and oxygen atoms in total. The van der Waals surface area contributed by atoms with Crippen LogP contribution in [0.1, 0.15) is 31.4 Å². The summed E-state index contributed by atoms with van der Waals surface area (Å²) in [5.41, 5.74) is 0.978. The topological polar surface area (TPSA) is 30.0 Å². The van der Waals surface area contributed by atoms with Gasteiger partial charge in [-0.1, -0.05) is 12.1 Å². The number of carbonyl (C=O) groups excluding carboxylic acids is 1. The van der Waals surface area contributed by atoms with E-state index in [-0.39, 0.29) is 5.78 Å². The standard InChI is InChI=1S/C13H16NO/c1-12(15)8-4-2-3-5-9-13-10-6-7-11-14-13/h5-7,9-11H,1-4,8H2/b9-5-. The second-order valence-corrected chi connectivity index (χ2v) is 3.44. The predicted molar refractivity (Wildman–Crippen MR) is 62.1 cm³/mol. The molecule has 0 aliphatic rings. The van der Waals surface area contributed by atoms with Crippen LogP contribution in [0.25, 0.3) is 6.08 Å². The summed E-state index contributed by atoms with van der Waals surface area (Å²) in [6.07, 6.45) is 9.42. The molecule has 0 saturated carbocycles. The lowest BCUT2D eigenvalue weighted by Gasteiger charge is -1.94. The fourth-order valence-corrected chi connectivity index (χ4v) is 1.26. The highest BCUT2D eigenvalue weighted by atomic mass is 16.1. The van der Waals surface area contributed by atoms with Gasteiger partial charge in [-0.3, -0.25) is 9.78 Å². The first kappa shape index (κ1) is 11.6. The van der Waals surface area contributed by atoms with Gasteiger partial charge in [-0.25, -0.2) is 0 Å². The van der Waals surface area contributed by atoms with Crippen molar-refractivity contribution in [2.24, 2.45) is 0 Å². The van der Waals surface area contributed by atoms with Crippen molar-refractivity contribution in [3.63, 3.8) is 0 Å². The number of allylic oxidation sites excluding steroid dienone is 1. The predicted octanol–water partition coefficient (Wildman–Crippen LogP) is 3.06. The fraction of sp³-hybridized carbons (Fsp3) is 0.308. The number of unbranched alkanes of at least 4 members (excludes halogenated alkanes) is 2. The van der Waals surface area contributed by atoms with Gasteiger partial charge < -0.3 is 0 Å². The van der Waals surface area contributed by atoms with Crippen molar-refractivity contribution in [2.75, 3.05) is 0 Å². The van der Waals surface area contributed by atoms with Crippen LogP contribution in [-0.4, -0.2) is 10.8 Å². The van der Waals surface area contributed by atoms with Crippen molar-refractivity contribution < 1.29 is 4.79 Å². The molecule has 1 aromatic heterocycles. The maximum absolute atomic E-state index is 10.6. The SMILES string of the molecule is [CH2]C(=O)CCCC/C=C\c1ccccn1. The molecule has 79 valence electrons. The first-order chi connectivity index (χ1) is 7.29. The molecular weight excluding hydrogens is 186 g/mol. The van der Waals surface area contributed by atoms with Gasteiger partial charge in [0.1, 0.15) is 5.78 Å². The Balaban J connectivity index is 2.15. The molecule has 0 saturated heterocycles. The Labute approximate surface area is 91.0 Å². The Morgan fingerprint density at radius 1 is 1.40 bits per heavy atom. The minimum Gasteiger partial charge on any atom is -0.300 e. The number of aromatic nitrogens is 1. The van der Waals surface area contributed by atoms with E-state index in [9.17, 15) is 4.79 Å². The Kier molecular flexibility index (Phi) is 5.38. The molecule has 0 aromatic carbocycles. The monoisotopic (exact) mass is 202 g/mol. The summed E-state index contributed by atoms with van der Waals surface area (Å²) in [7, 11) is 0. The molecule has 0 N–H and O–H groups in total. The zero-order chi connectivity index (χ0) is 10.9. The summed E-state index contributed by atoms with van der Waals surface area (Å²) >= 11 is 0. The third-order valence-electron chi connectivity index (χ3n) is 2.05. The lowest BCUT2D eigenvalue weighted by atomic mass is 10.1. The van der Waals surface area contributed by atoms with E-state index in [4.69, 9.17) is 0 Å². The molecule has 1 rings (SSSR count). The van der Waals surface area contributed by atoms with Gasteiger partial charge >= 0.3 is 0 Å². The molecule has 0 spiro atoms. The Morgan fingerprint density at radius 3 is 2.93 bits per heavy atom. The quantitative estimate of drug-likeness (QED) is 0.663. The van der Waals surface area contributed by atoms with Crippen LogP contribution in [0.2, 0.25) is 0 Å². The third kappa shape index (κ3) is 5.78. The van der Waals surface area contributed by atoms with E-state index in [1.165, 1.54) is 0 Å². The average molecular weight is 202 g/mol. The van der Waals surface area contributed by atoms with Crippen molar-refractivity contribution >= 4 is 11.9 Å². The van der Waals surface area contributed by atoms with Gasteiger partial charge in [-0.2, -0.15) is 0 Å². The summed E-state index contributed by atoms with van der Waals surface area (Å²) in [5.74, 6) is 0.0312. The molecule has 15 heavy (non-hydrogen) atoms. The van der Waals surface area contributed by atoms with Gasteiger partial charge in [0.15, 0.2) is 0 Å². The first-order valence-corrected chi connectivity index (χ1v) is 5.21. The summed E-state index contributed by atoms with van der Waals surface area (Å²) in [4.78, 5) is 14.7. The summed E-state index contributed by atoms with van der Waals surface area (Å²) in [5, 5.41) is 0. The van der Waals surface area contributed by atoms with Crippen LogP contribution >= 0.6 is 0 Å². The highest BCUT2D eigenvalue weighted by Gasteiger charge is 1.91. The molecule has 0 unspecified atom stereocenters. The number of hydrogen-bond donors (Lipinski definition) is 0. The Bertz CT molecular complexity index is 317. The van der Waals surface area contributed by atoms with E-state index in [0.717, 1.165) is 25.0 Å². The van der Waals surface area contributed by atoms with Crippen LogP contribution in [0.5, 0.6) is 0 Å². The van der Waals surface area contributed by atoms with Crippen LogP contribution < -0.4 is 0 Å². The van der Waals surface area contributed by atoms with Crippen molar-refractivity contribution in [1.82, 2.24) is 4.98 Å². The van der Waals surface area contributed by atoms with Crippen molar-refractivity contribution in [1.29, 1.82) is 0 Å². The number of pyridine rings is 1. The lowest BCUT2D eigenvalue weighted by Crippen LogP contribution is -1.88. The van der Waals surface area contributed by atoms with E-state index >= 15 is 0 Å². The molecular formula is C13H16NO. The van der Waals surface area contributed by atoms with Gasteiger partial charge in [0.05, 0.1) is 5.69 Å². The zero-order valence-corrected chi connectivity index (χ0v) is 8.86. The fourth-order valence-electron chi connectivity index (χ4n) is 1.26. The molecule has 0 aliphatic heterocycles. The van der Waals surface area contributed by atoms with Gasteiger partial charge in [0.25, 0.3) is 0 Å². The number of rotatable bonds is 6. The number of Topliss-reactive ketones (excluding diaryl/α,β-unsaturated/α-hetero) is 1. The number of nitrogens with zero attached hydrogens (tertiary/aromatic N) is 1. The van der Waals surface area contributed by atoms with Gasteiger partial charge in [-0.05, 0) is 37.5 Å². The molecule has 0 amide bonds. The second-order valence-electron chi connectivity index (χ2n) is 3.44. The summed E-state index contributed by atoms with van der Waals surface area (Å²) in [6, 6.07) is 5.83. The molecule has 1 aromatic rings. The minimum absolute atomic E-state index is 0.0312. The zero-order valence-electron chi connectivity index (χ0n) is 8.86. The first-order valence-electron chi connectivity index (χ1n) is 5.21. The van der Waals surface area contributed by atoms with E-state index in [2.05, 4.69) is 18.0 Å². The van der Waals surface area contributed by atoms with Crippen LogP contribution in [0.3, 0.4) is 0 Å². The summed E-state index contributed by atoms with van der Waals surface area (Å²) < 4.78 is 0. The molecule has 0 bridgehead atoms. The van der Waals surface area contributed by atoms with E-state index < -0.39 is 0 Å². The van der Waals surface area contributed by atoms with Crippen LogP contribution in [0.4, 0.5) is 0 Å². The Hall–Kier alpha value is -1.44. The van der Waals surface area contributed by atoms with Crippen molar-refractivity contribution in [2.45, 2.75) is 25.7 Å². The highest BCUT2D eigenvalue weighted by molar-refractivity contribution is 5.82. The van der Waals surface area contributed by atoms with E-state index in [0.29, 0.717) is 6.42 Å². The van der Waals surface area contributed by atoms with Gasteiger partial charge in [0.2, 0.25) is 0 Å². The lowest BCUT2D eigenvalue weighted by molar-refractivity contribution is -0.114. The molecule has 1 heterocycles. The van der Waals surface area contributed by atoms with Crippen LogP contribution in [0.15, 0.2) is 30.5 Å². The largest absolute Gasteiger partial charge is 0.300 e. The Morgan fingerprint density at radius 2 is 2.27 bits per heavy atom. The molecule has 0 atom stereocenters. The molecule has 2 heteroatoms. The maximum Gasteiger partial charge on any atom is 0.133 e. The normalized spacial score (nSPS) is 10.7. The van der Waals surface area contributed by atoms with Crippen molar-refractivity contribution in [3.8, 4) is 0 Å². The van der Waals surface area contributed by atoms with Crippen LogP contribution in [-0.2, 0) is 4.79 Å². The molecule has 1 radical (unpaired) electrons. The van der Waals surface area contributed by atoms with Crippen LogP contribution in [0, 0.1) is 6.92 Å². The molecule has 0 aliphatic carbocycles. The highest BCUT2D eigenvalue weighted by Crippen LogP contribution is 2.03. The number of hydrogen-bond acceptors (Lipinski definition) is 2. The van der Waals surface area contributed by atoms with E-state index in [1.54, 1.807) is 6.20 Å². The van der Waals surface area contributed by atoms with E-state index in [1.807, 2.05) is 24.3 Å². The number of carbonyl (C=O) groups is 1. The average Bonchev–Trinajstić information content (AvgIpc) is 2.24. The van der Waals surface area contributed by atoms with Crippen molar-refractivity contribution in [3.05, 3.63) is 43.1 Å². The smallest absolute Gasteiger partial charge is 0.133 e. The summed E-state index contributed by atoms with van der Waals surface area (Å²) in [6.45, 7) is 3.34. The molecule has 0 fully saturated rings. The van der Waals surface area contributed by atoms with Gasteiger partial charge in [-0.15, -0.1) is 0 Å².